The Morgan fingerprint density at radius 3 is 2.82 bits per heavy atom. The minimum absolute atomic E-state index is 0.241. The fourth-order valence-electron chi connectivity index (χ4n) is 1.66. The summed E-state index contributed by atoms with van der Waals surface area (Å²) in [7, 11) is 0. The van der Waals surface area contributed by atoms with Gasteiger partial charge in [0.15, 0.2) is 0 Å². The van der Waals surface area contributed by atoms with Crippen LogP contribution in [0.4, 0.5) is 0 Å². The summed E-state index contributed by atoms with van der Waals surface area (Å²) in [6.45, 7) is 0. The van der Waals surface area contributed by atoms with Gasteiger partial charge in [-0.1, -0.05) is 6.07 Å². The molecule has 6 heteroatoms. The summed E-state index contributed by atoms with van der Waals surface area (Å²) in [4.78, 5) is 27.0. The highest BCUT2D eigenvalue weighted by molar-refractivity contribution is 7.99. The Balaban J connectivity index is 2.15. The number of hydrogen-bond acceptors (Lipinski definition) is 4. The number of pyridine rings is 1. The van der Waals surface area contributed by atoms with Crippen LogP contribution >= 0.6 is 11.8 Å². The Hall–Kier alpha value is -1.56. The standard InChI is InChI=1S/C11H12N2O3S/c14-9(8-3-1-2-5-12-8)13-11(10(15)16)4-6-17-7-11/h1-3,5H,4,6-7H2,(H,13,14)(H,15,16). The number of carbonyl (C=O) groups excluding carboxylic acids is 1. The van der Waals surface area contributed by atoms with Crippen molar-refractivity contribution < 1.29 is 14.7 Å². The molecule has 17 heavy (non-hydrogen) atoms. The number of rotatable bonds is 3. The molecule has 1 unspecified atom stereocenters. The Bertz CT molecular complexity index is 430. The van der Waals surface area contributed by atoms with Crippen molar-refractivity contribution >= 4 is 23.6 Å². The average molecular weight is 252 g/mol. The minimum Gasteiger partial charge on any atom is -0.479 e. The largest absolute Gasteiger partial charge is 0.479 e. The van der Waals surface area contributed by atoms with E-state index >= 15 is 0 Å². The highest BCUT2D eigenvalue weighted by Gasteiger charge is 2.43. The highest BCUT2D eigenvalue weighted by Crippen LogP contribution is 2.28. The van der Waals surface area contributed by atoms with E-state index in [2.05, 4.69) is 10.3 Å². The number of thioether (sulfide) groups is 1. The van der Waals surface area contributed by atoms with Gasteiger partial charge in [0.05, 0.1) is 0 Å². The SMILES string of the molecule is O=C(NC1(C(=O)O)CCSC1)c1ccccn1. The maximum atomic E-state index is 11.9. The van der Waals surface area contributed by atoms with E-state index in [-0.39, 0.29) is 5.69 Å². The zero-order valence-electron chi connectivity index (χ0n) is 9.05. The lowest BCUT2D eigenvalue weighted by atomic mass is 9.99. The topological polar surface area (TPSA) is 79.3 Å². The summed E-state index contributed by atoms with van der Waals surface area (Å²) < 4.78 is 0. The van der Waals surface area contributed by atoms with E-state index in [0.29, 0.717) is 12.2 Å². The molecule has 2 heterocycles. The summed E-state index contributed by atoms with van der Waals surface area (Å²) >= 11 is 1.53. The predicted octanol–water partition coefficient (Wildman–Crippen LogP) is 0.772. The normalized spacial score (nSPS) is 23.3. The molecule has 0 aliphatic carbocycles. The predicted molar refractivity (Wildman–Crippen MR) is 64.0 cm³/mol. The van der Waals surface area contributed by atoms with E-state index in [1.165, 1.54) is 18.0 Å². The maximum Gasteiger partial charge on any atom is 0.330 e. The van der Waals surface area contributed by atoms with Gasteiger partial charge in [0.1, 0.15) is 11.2 Å². The zero-order chi connectivity index (χ0) is 12.3. The molecule has 1 atom stereocenters. The van der Waals surface area contributed by atoms with Gasteiger partial charge in [-0.15, -0.1) is 0 Å². The van der Waals surface area contributed by atoms with E-state index in [1.807, 2.05) is 0 Å². The number of nitrogens with zero attached hydrogens (tertiary/aromatic N) is 1. The third kappa shape index (κ3) is 2.41. The van der Waals surface area contributed by atoms with E-state index in [0.717, 1.165) is 5.75 Å². The quantitative estimate of drug-likeness (QED) is 0.830. The van der Waals surface area contributed by atoms with Gasteiger partial charge in [-0.25, -0.2) is 4.79 Å². The Morgan fingerprint density at radius 2 is 2.29 bits per heavy atom. The smallest absolute Gasteiger partial charge is 0.330 e. The van der Waals surface area contributed by atoms with Crippen LogP contribution in [0.5, 0.6) is 0 Å². The first-order valence-corrected chi connectivity index (χ1v) is 6.34. The number of carboxylic acids is 1. The molecule has 5 nitrogen and oxygen atoms in total. The molecule has 1 aromatic heterocycles. The molecule has 90 valence electrons. The van der Waals surface area contributed by atoms with Crippen LogP contribution < -0.4 is 5.32 Å². The minimum atomic E-state index is -1.14. The van der Waals surface area contributed by atoms with Crippen molar-refractivity contribution in [3.63, 3.8) is 0 Å². The monoisotopic (exact) mass is 252 g/mol. The molecule has 1 amide bonds. The molecule has 1 aliphatic rings. The second-order valence-corrected chi connectivity index (χ2v) is 4.96. The summed E-state index contributed by atoms with van der Waals surface area (Å²) in [5, 5.41) is 11.8. The lowest BCUT2D eigenvalue weighted by Crippen LogP contribution is -2.54. The van der Waals surface area contributed by atoms with E-state index in [9.17, 15) is 14.7 Å². The van der Waals surface area contributed by atoms with Gasteiger partial charge < -0.3 is 10.4 Å². The second kappa shape index (κ2) is 4.75. The maximum absolute atomic E-state index is 11.9. The van der Waals surface area contributed by atoms with Crippen LogP contribution in [0.15, 0.2) is 24.4 Å². The van der Waals surface area contributed by atoms with Crippen molar-refractivity contribution in [3.05, 3.63) is 30.1 Å². The number of carbonyl (C=O) groups is 2. The molecule has 1 fully saturated rings. The third-order valence-corrected chi connectivity index (χ3v) is 3.87. The van der Waals surface area contributed by atoms with E-state index in [1.54, 1.807) is 18.2 Å². The zero-order valence-corrected chi connectivity index (χ0v) is 9.87. The van der Waals surface area contributed by atoms with Crippen molar-refractivity contribution in [2.75, 3.05) is 11.5 Å². The van der Waals surface area contributed by atoms with Crippen LogP contribution in [0, 0.1) is 0 Å². The summed E-state index contributed by atoms with van der Waals surface area (Å²) in [6.07, 6.45) is 1.96. The van der Waals surface area contributed by atoms with Gasteiger partial charge >= 0.3 is 5.97 Å². The Morgan fingerprint density at radius 1 is 1.47 bits per heavy atom. The molecule has 0 aromatic carbocycles. The molecule has 0 saturated carbocycles. The van der Waals surface area contributed by atoms with Crippen molar-refractivity contribution in [3.8, 4) is 0 Å². The van der Waals surface area contributed by atoms with Crippen LogP contribution in [0.3, 0.4) is 0 Å². The van der Waals surface area contributed by atoms with Gasteiger partial charge in [0.25, 0.3) is 5.91 Å². The van der Waals surface area contributed by atoms with Crippen LogP contribution in [-0.2, 0) is 4.79 Å². The number of carboxylic acid groups (broad SMARTS) is 1. The van der Waals surface area contributed by atoms with Crippen LogP contribution in [0.2, 0.25) is 0 Å². The molecule has 0 bridgehead atoms. The fraction of sp³-hybridized carbons (Fsp3) is 0.364. The Kier molecular flexibility index (Phi) is 3.33. The van der Waals surface area contributed by atoms with Gasteiger partial charge in [0.2, 0.25) is 0 Å². The first-order valence-electron chi connectivity index (χ1n) is 5.19. The molecule has 1 aromatic rings. The molecule has 1 saturated heterocycles. The number of aliphatic carboxylic acids is 1. The number of hydrogen-bond donors (Lipinski definition) is 2. The summed E-state index contributed by atoms with van der Waals surface area (Å²) in [5.41, 5.74) is -0.899. The number of nitrogens with one attached hydrogen (secondary N) is 1. The van der Waals surface area contributed by atoms with Crippen molar-refractivity contribution in [1.29, 1.82) is 0 Å². The first-order chi connectivity index (χ1) is 8.14. The van der Waals surface area contributed by atoms with Crippen LogP contribution in [-0.4, -0.2) is 39.0 Å². The average Bonchev–Trinajstić information content (AvgIpc) is 2.80. The van der Waals surface area contributed by atoms with Crippen molar-refractivity contribution in [1.82, 2.24) is 10.3 Å². The van der Waals surface area contributed by atoms with Gasteiger partial charge in [0, 0.05) is 11.9 Å². The molecular formula is C11H12N2O3S. The van der Waals surface area contributed by atoms with Gasteiger partial charge in [-0.05, 0) is 24.3 Å². The fourth-order valence-corrected chi connectivity index (χ4v) is 2.99. The summed E-state index contributed by atoms with van der Waals surface area (Å²) in [5.74, 6) is -0.266. The molecule has 2 N–H and O–H groups in total. The number of amides is 1. The van der Waals surface area contributed by atoms with E-state index < -0.39 is 17.4 Å². The van der Waals surface area contributed by atoms with Gasteiger partial charge in [-0.3, -0.25) is 9.78 Å². The third-order valence-electron chi connectivity index (χ3n) is 2.68. The molecule has 1 aliphatic heterocycles. The Labute approximate surface area is 103 Å². The van der Waals surface area contributed by atoms with Crippen molar-refractivity contribution in [2.45, 2.75) is 12.0 Å². The molecule has 2 rings (SSSR count). The van der Waals surface area contributed by atoms with Gasteiger partial charge in [-0.2, -0.15) is 11.8 Å². The molecule has 0 spiro atoms. The van der Waals surface area contributed by atoms with Crippen molar-refractivity contribution in [2.24, 2.45) is 0 Å². The van der Waals surface area contributed by atoms with E-state index in [4.69, 9.17) is 0 Å². The van der Waals surface area contributed by atoms with Crippen LogP contribution in [0.1, 0.15) is 16.9 Å². The van der Waals surface area contributed by atoms with Crippen LogP contribution in [0.25, 0.3) is 0 Å². The lowest BCUT2D eigenvalue weighted by molar-refractivity contribution is -0.143. The number of aromatic nitrogens is 1. The first kappa shape index (κ1) is 11.9. The summed E-state index contributed by atoms with van der Waals surface area (Å²) in [6, 6.07) is 4.96. The molecular weight excluding hydrogens is 240 g/mol. The highest BCUT2D eigenvalue weighted by atomic mass is 32.2. The second-order valence-electron chi connectivity index (χ2n) is 3.86. The molecule has 0 radical (unpaired) electrons. The lowest BCUT2D eigenvalue weighted by Gasteiger charge is -2.24.